The van der Waals surface area contributed by atoms with E-state index in [-0.39, 0.29) is 41.6 Å². The predicted octanol–water partition coefficient (Wildman–Crippen LogP) is -1.13. The highest BCUT2D eigenvalue weighted by Crippen LogP contribution is 2.64. The predicted molar refractivity (Wildman–Crippen MR) is 86.9 cm³/mol. The Morgan fingerprint density at radius 1 is 1.29 bits per heavy atom. The Balaban J connectivity index is 0.00000146. The first-order valence-corrected chi connectivity index (χ1v) is 8.87. The quantitative estimate of drug-likeness (QED) is 0.442. The first kappa shape index (κ1) is 16.9. The summed E-state index contributed by atoms with van der Waals surface area (Å²) < 4.78 is 13.1. The molecule has 4 nitrogen and oxygen atoms in total. The van der Waals surface area contributed by atoms with E-state index in [9.17, 15) is 5.11 Å². The summed E-state index contributed by atoms with van der Waals surface area (Å²) >= 11 is 0. The number of halogens is 1. The van der Waals surface area contributed by atoms with Gasteiger partial charge in [0.1, 0.15) is 6.10 Å². The Hall–Kier alpha value is -0.530. The molecule has 2 aliphatic carbocycles. The van der Waals surface area contributed by atoms with Crippen LogP contribution in [-0.2, 0) is 11.8 Å². The molecule has 2 bridgehead atoms. The fraction of sp³-hybridized carbons (Fsp3) is 0.684. The molecule has 0 radical (unpaired) electrons. The molecule has 1 saturated carbocycles. The van der Waals surface area contributed by atoms with E-state index in [0.717, 1.165) is 48.2 Å². The largest absolute Gasteiger partial charge is 1.00 e. The van der Waals surface area contributed by atoms with E-state index >= 15 is 0 Å². The number of hydrogen-bond donors (Lipinski definition) is 1. The Kier molecular flexibility index (Phi) is 3.69. The van der Waals surface area contributed by atoms with Crippen LogP contribution in [-0.4, -0.2) is 55.6 Å². The van der Waals surface area contributed by atoms with Crippen LogP contribution in [0.4, 0.5) is 0 Å². The number of methoxy groups -OCH3 is 1. The van der Waals surface area contributed by atoms with Gasteiger partial charge in [0.25, 0.3) is 0 Å². The van der Waals surface area contributed by atoms with Gasteiger partial charge in [0.2, 0.25) is 0 Å². The van der Waals surface area contributed by atoms with Crippen LogP contribution >= 0.6 is 0 Å². The van der Waals surface area contributed by atoms with Crippen molar-refractivity contribution >= 4 is 0 Å². The van der Waals surface area contributed by atoms with Gasteiger partial charge in [-0.2, -0.15) is 0 Å². The van der Waals surface area contributed by atoms with Crippen LogP contribution in [0.2, 0.25) is 0 Å². The number of ether oxygens (including phenoxy) is 2. The second-order valence-electron chi connectivity index (χ2n) is 8.48. The number of aliphatic hydroxyl groups excluding tert-OH is 1. The molecule has 5 heteroatoms. The average molecular weight is 443 g/mol. The van der Waals surface area contributed by atoms with Gasteiger partial charge in [-0.3, -0.25) is 0 Å². The Labute approximate surface area is 160 Å². The van der Waals surface area contributed by atoms with Crippen molar-refractivity contribution in [1.82, 2.24) is 0 Å². The molecule has 2 fully saturated rings. The molecule has 4 aliphatic rings. The van der Waals surface area contributed by atoms with Gasteiger partial charge in [-0.25, -0.2) is 0 Å². The molecule has 1 saturated heterocycles. The lowest BCUT2D eigenvalue weighted by molar-refractivity contribution is -0.927. The smallest absolute Gasteiger partial charge is 0.165 e. The van der Waals surface area contributed by atoms with Crippen LogP contribution in [0.25, 0.3) is 0 Å². The molecule has 0 amide bonds. The molecule has 2 aliphatic heterocycles. The molecule has 5 atom stereocenters. The molecule has 5 rings (SSSR count). The number of aliphatic hydroxyl groups is 1. The average Bonchev–Trinajstić information content (AvgIpc) is 2.88. The number of rotatable bonds is 1. The van der Waals surface area contributed by atoms with Crippen LogP contribution < -0.4 is 33.5 Å². The topological polar surface area (TPSA) is 38.7 Å². The monoisotopic (exact) mass is 443 g/mol. The summed E-state index contributed by atoms with van der Waals surface area (Å²) in [7, 11) is 6.47. The summed E-state index contributed by atoms with van der Waals surface area (Å²) in [5.74, 6) is 2.36. The van der Waals surface area contributed by atoms with Crippen molar-refractivity contribution in [3.05, 3.63) is 23.3 Å². The summed E-state index contributed by atoms with van der Waals surface area (Å²) in [5.41, 5.74) is 2.80. The van der Waals surface area contributed by atoms with Crippen molar-refractivity contribution in [2.75, 3.05) is 27.7 Å². The van der Waals surface area contributed by atoms with E-state index in [4.69, 9.17) is 9.47 Å². The zero-order valence-electron chi connectivity index (χ0n) is 14.6. The van der Waals surface area contributed by atoms with Crippen LogP contribution in [0, 0.1) is 5.92 Å². The SMILES string of the molecule is COc1ccc2c3c1O[C@H]1[C@H](O)CC[C@H]4[C@@H](C2)[N+](C)(C)CC[C@@]341.[I-]. The van der Waals surface area contributed by atoms with E-state index in [1.807, 2.05) is 6.07 Å². The third-order valence-electron chi connectivity index (χ3n) is 7.32. The highest BCUT2D eigenvalue weighted by molar-refractivity contribution is 5.60. The molecule has 1 aromatic carbocycles. The number of benzene rings is 1. The number of likely N-dealkylation sites (N-methyl/N-ethyl adjacent to an activating group) is 1. The molecule has 1 N–H and O–H groups in total. The minimum absolute atomic E-state index is 0. The summed E-state index contributed by atoms with van der Waals surface area (Å²) in [6.45, 7) is 1.16. The Morgan fingerprint density at radius 2 is 2.08 bits per heavy atom. The number of hydrogen-bond acceptors (Lipinski definition) is 3. The van der Waals surface area contributed by atoms with Gasteiger partial charge >= 0.3 is 0 Å². The van der Waals surface area contributed by atoms with Gasteiger partial charge < -0.3 is 43.0 Å². The zero-order valence-corrected chi connectivity index (χ0v) is 16.7. The van der Waals surface area contributed by atoms with Gasteiger partial charge in [-0.1, -0.05) is 6.07 Å². The van der Waals surface area contributed by atoms with Crippen LogP contribution in [0.5, 0.6) is 11.5 Å². The van der Waals surface area contributed by atoms with Crippen molar-refractivity contribution in [3.8, 4) is 11.5 Å². The van der Waals surface area contributed by atoms with E-state index in [2.05, 4.69) is 20.2 Å². The molecule has 1 spiro atoms. The van der Waals surface area contributed by atoms with E-state index in [1.165, 1.54) is 11.1 Å². The second-order valence-corrected chi connectivity index (χ2v) is 8.48. The van der Waals surface area contributed by atoms with Gasteiger partial charge in [0.05, 0.1) is 45.3 Å². The number of nitrogens with zero attached hydrogens (tertiary/aromatic N) is 1. The van der Waals surface area contributed by atoms with Gasteiger partial charge in [-0.15, -0.1) is 0 Å². The first-order valence-electron chi connectivity index (χ1n) is 8.87. The summed E-state index contributed by atoms with van der Waals surface area (Å²) in [6.07, 6.45) is 3.76. The molecule has 24 heavy (non-hydrogen) atoms. The Bertz CT molecular complexity index is 691. The fourth-order valence-electron chi connectivity index (χ4n) is 6.24. The van der Waals surface area contributed by atoms with Crippen molar-refractivity contribution < 1.29 is 43.0 Å². The van der Waals surface area contributed by atoms with E-state index in [1.54, 1.807) is 7.11 Å². The third kappa shape index (κ3) is 1.81. The molecular formula is C19H26INO3. The lowest BCUT2D eigenvalue weighted by atomic mass is 9.51. The summed E-state index contributed by atoms with van der Waals surface area (Å²) in [6, 6.07) is 4.92. The van der Waals surface area contributed by atoms with E-state index < -0.39 is 0 Å². The minimum Gasteiger partial charge on any atom is -1.00 e. The van der Waals surface area contributed by atoms with Gasteiger partial charge in [0.15, 0.2) is 11.5 Å². The van der Waals surface area contributed by atoms with Crippen molar-refractivity contribution in [2.45, 2.75) is 49.3 Å². The molecule has 132 valence electrons. The van der Waals surface area contributed by atoms with Crippen molar-refractivity contribution in [2.24, 2.45) is 5.92 Å². The summed E-state index contributed by atoms with van der Waals surface area (Å²) in [5, 5.41) is 10.7. The van der Waals surface area contributed by atoms with E-state index in [0.29, 0.717) is 12.0 Å². The maximum Gasteiger partial charge on any atom is 0.165 e. The first-order chi connectivity index (χ1) is 11.0. The van der Waals surface area contributed by atoms with Crippen molar-refractivity contribution in [3.63, 3.8) is 0 Å². The van der Waals surface area contributed by atoms with Gasteiger partial charge in [0, 0.05) is 24.3 Å². The van der Waals surface area contributed by atoms with Crippen LogP contribution in [0.1, 0.15) is 30.4 Å². The third-order valence-corrected chi connectivity index (χ3v) is 7.32. The highest BCUT2D eigenvalue weighted by Gasteiger charge is 2.68. The fourth-order valence-corrected chi connectivity index (χ4v) is 6.24. The van der Waals surface area contributed by atoms with Crippen molar-refractivity contribution in [1.29, 1.82) is 0 Å². The highest BCUT2D eigenvalue weighted by atomic mass is 127. The number of quaternary nitrogens is 1. The molecule has 0 aromatic heterocycles. The minimum atomic E-state index is -0.358. The number of likely N-dealkylation sites (tertiary alicyclic amines) is 1. The lowest BCUT2D eigenvalue weighted by Gasteiger charge is -2.60. The molecule has 2 heterocycles. The standard InChI is InChI=1S/C19H26NO3.HI/c1-20(2)9-8-19-12-5-6-14(21)18(19)23-17-15(22-3)7-4-11(16(17)19)10-13(12)20;/h4,7,12-14,18,21H,5-6,8-10H2,1-3H3;1H/q+1;/p-1/t12-,13+,14+,18-,19-;/m0./s1. The zero-order chi connectivity index (χ0) is 16.0. The molecule has 0 unspecified atom stereocenters. The lowest BCUT2D eigenvalue weighted by Crippen LogP contribution is -3.00. The van der Waals surface area contributed by atoms with Crippen LogP contribution in [0.3, 0.4) is 0 Å². The Morgan fingerprint density at radius 3 is 2.83 bits per heavy atom. The normalized spacial score (nSPS) is 40.2. The molecular weight excluding hydrogens is 417 g/mol. The maximum absolute atomic E-state index is 10.7. The summed E-state index contributed by atoms with van der Waals surface area (Å²) in [4.78, 5) is 0. The number of piperidine rings is 1. The van der Waals surface area contributed by atoms with Gasteiger partial charge in [-0.05, 0) is 24.5 Å². The molecule has 1 aromatic rings. The maximum atomic E-state index is 10.7. The second kappa shape index (κ2) is 5.24. The van der Waals surface area contributed by atoms with Crippen LogP contribution in [0.15, 0.2) is 12.1 Å².